The monoisotopic (exact) mass is 253 g/mol. The molecule has 1 aromatic heterocycles. The van der Waals surface area contributed by atoms with E-state index in [-0.39, 0.29) is 5.91 Å². The molecule has 4 nitrogen and oxygen atoms in total. The molecule has 1 unspecified atom stereocenters. The van der Waals surface area contributed by atoms with Crippen molar-refractivity contribution in [1.82, 2.24) is 9.88 Å². The van der Waals surface area contributed by atoms with Gasteiger partial charge in [-0.25, -0.2) is 4.98 Å². The maximum Gasteiger partial charge on any atom is 0.223 e. The molecule has 0 aromatic carbocycles. The summed E-state index contributed by atoms with van der Waals surface area (Å²) in [5.74, 6) is 1.93. The van der Waals surface area contributed by atoms with Crippen LogP contribution in [0.5, 0.6) is 0 Å². The third-order valence-corrected chi connectivity index (χ3v) is 3.30. The van der Waals surface area contributed by atoms with Gasteiger partial charge < -0.3 is 10.2 Å². The van der Waals surface area contributed by atoms with Crippen molar-refractivity contribution in [2.45, 2.75) is 6.42 Å². The van der Waals surface area contributed by atoms with Crippen LogP contribution in [0.2, 0.25) is 0 Å². The lowest BCUT2D eigenvalue weighted by Gasteiger charge is -2.16. The molecular weight excluding hydrogens is 238 g/mol. The molecule has 0 saturated carbocycles. The lowest BCUT2D eigenvalue weighted by atomic mass is 10.2. The van der Waals surface area contributed by atoms with E-state index in [0.29, 0.717) is 24.8 Å². The van der Waals surface area contributed by atoms with Gasteiger partial charge in [0.2, 0.25) is 5.91 Å². The molecule has 92 valence electrons. The Bertz CT molecular complexity index is 371. The first-order valence-electron chi connectivity index (χ1n) is 5.78. The highest BCUT2D eigenvalue weighted by Gasteiger charge is 2.28. The van der Waals surface area contributed by atoms with Crippen molar-refractivity contribution in [2.75, 3.05) is 30.8 Å². The summed E-state index contributed by atoms with van der Waals surface area (Å²) in [5, 5.41) is 3.19. The molecule has 1 amide bonds. The van der Waals surface area contributed by atoms with Gasteiger partial charge in [0.15, 0.2) is 0 Å². The Hall–Kier alpha value is -1.29. The van der Waals surface area contributed by atoms with Crippen LogP contribution in [0.1, 0.15) is 6.42 Å². The summed E-state index contributed by atoms with van der Waals surface area (Å²) in [6, 6.07) is 5.72. The molecule has 0 bridgehead atoms. The summed E-state index contributed by atoms with van der Waals surface area (Å²) in [6.45, 7) is 2.22. The largest absolute Gasteiger partial charge is 0.368 e. The molecule has 1 fully saturated rings. The fourth-order valence-corrected chi connectivity index (χ4v) is 2.17. The molecule has 1 aliphatic rings. The first-order valence-corrected chi connectivity index (χ1v) is 6.31. The maximum atomic E-state index is 11.6. The summed E-state index contributed by atoms with van der Waals surface area (Å²) >= 11 is 5.76. The Morgan fingerprint density at radius 3 is 3.06 bits per heavy atom. The molecule has 2 heterocycles. The zero-order chi connectivity index (χ0) is 12.1. The number of nitrogens with zero attached hydrogens (tertiary/aromatic N) is 2. The van der Waals surface area contributed by atoms with E-state index in [0.717, 1.165) is 18.9 Å². The average Bonchev–Trinajstić information content (AvgIpc) is 2.72. The predicted octanol–water partition coefficient (Wildman–Crippen LogP) is 1.58. The molecule has 2 rings (SSSR count). The molecule has 1 atom stereocenters. The van der Waals surface area contributed by atoms with E-state index in [2.05, 4.69) is 10.3 Å². The molecule has 1 saturated heterocycles. The summed E-state index contributed by atoms with van der Waals surface area (Å²) in [6.07, 6.45) is 2.33. The number of anilines is 1. The third kappa shape index (κ3) is 3.33. The fraction of sp³-hybridized carbons (Fsp3) is 0.500. The van der Waals surface area contributed by atoms with Crippen LogP contribution in [0.25, 0.3) is 0 Å². The van der Waals surface area contributed by atoms with E-state index in [1.165, 1.54) is 0 Å². The number of alkyl halides is 1. The Morgan fingerprint density at radius 1 is 1.53 bits per heavy atom. The van der Waals surface area contributed by atoms with Gasteiger partial charge in [-0.1, -0.05) is 6.07 Å². The lowest BCUT2D eigenvalue weighted by molar-refractivity contribution is -0.127. The number of aromatic nitrogens is 1. The van der Waals surface area contributed by atoms with Crippen LogP contribution in [-0.2, 0) is 4.79 Å². The van der Waals surface area contributed by atoms with Crippen molar-refractivity contribution in [3.63, 3.8) is 0 Å². The summed E-state index contributed by atoms with van der Waals surface area (Å²) in [4.78, 5) is 17.6. The molecule has 0 radical (unpaired) electrons. The van der Waals surface area contributed by atoms with Gasteiger partial charge in [0, 0.05) is 38.1 Å². The van der Waals surface area contributed by atoms with Crippen molar-refractivity contribution in [3.05, 3.63) is 24.4 Å². The predicted molar refractivity (Wildman–Crippen MR) is 68.1 cm³/mol. The summed E-state index contributed by atoms with van der Waals surface area (Å²) in [5.41, 5.74) is 0. The number of nitrogens with one attached hydrogen (secondary N) is 1. The van der Waals surface area contributed by atoms with Gasteiger partial charge in [0.25, 0.3) is 0 Å². The van der Waals surface area contributed by atoms with Crippen LogP contribution in [0, 0.1) is 5.92 Å². The number of carbonyl (C=O) groups is 1. The number of rotatable bonds is 5. The maximum absolute atomic E-state index is 11.6. The van der Waals surface area contributed by atoms with Crippen LogP contribution < -0.4 is 5.32 Å². The van der Waals surface area contributed by atoms with Crippen LogP contribution in [-0.4, -0.2) is 41.3 Å². The number of hydrogen-bond donors (Lipinski definition) is 1. The summed E-state index contributed by atoms with van der Waals surface area (Å²) in [7, 11) is 0. The molecule has 0 spiro atoms. The van der Waals surface area contributed by atoms with Gasteiger partial charge in [-0.15, -0.1) is 11.6 Å². The standard InChI is InChI=1S/C12H16ClN3O/c13-8-10-7-12(17)16(9-10)6-5-15-11-3-1-2-4-14-11/h1-4,10H,5-9H2,(H,14,15). The lowest BCUT2D eigenvalue weighted by Crippen LogP contribution is -2.30. The SMILES string of the molecule is O=C1CC(CCl)CN1CCNc1ccccn1. The van der Waals surface area contributed by atoms with E-state index in [1.807, 2.05) is 23.1 Å². The number of pyridine rings is 1. The van der Waals surface area contributed by atoms with Gasteiger partial charge in [0.1, 0.15) is 5.82 Å². The van der Waals surface area contributed by atoms with E-state index in [4.69, 9.17) is 11.6 Å². The normalized spacial score (nSPS) is 19.7. The first kappa shape index (κ1) is 12.2. The zero-order valence-electron chi connectivity index (χ0n) is 9.60. The number of halogens is 1. The zero-order valence-corrected chi connectivity index (χ0v) is 10.4. The quantitative estimate of drug-likeness (QED) is 0.811. The van der Waals surface area contributed by atoms with Crippen molar-refractivity contribution in [2.24, 2.45) is 5.92 Å². The van der Waals surface area contributed by atoms with Crippen LogP contribution in [0.15, 0.2) is 24.4 Å². The van der Waals surface area contributed by atoms with Gasteiger partial charge in [0.05, 0.1) is 0 Å². The molecule has 0 aliphatic carbocycles. The van der Waals surface area contributed by atoms with Gasteiger partial charge >= 0.3 is 0 Å². The number of carbonyl (C=O) groups excluding carboxylic acids is 1. The van der Waals surface area contributed by atoms with Gasteiger partial charge in [-0.3, -0.25) is 4.79 Å². The second-order valence-electron chi connectivity index (χ2n) is 4.21. The minimum absolute atomic E-state index is 0.207. The highest BCUT2D eigenvalue weighted by molar-refractivity contribution is 6.18. The molecule has 1 aliphatic heterocycles. The molecular formula is C12H16ClN3O. The van der Waals surface area contributed by atoms with Crippen molar-refractivity contribution in [3.8, 4) is 0 Å². The van der Waals surface area contributed by atoms with Crippen LogP contribution in [0.4, 0.5) is 5.82 Å². The highest BCUT2D eigenvalue weighted by Crippen LogP contribution is 2.18. The molecule has 1 N–H and O–H groups in total. The first-order chi connectivity index (χ1) is 8.29. The average molecular weight is 254 g/mol. The minimum Gasteiger partial charge on any atom is -0.368 e. The minimum atomic E-state index is 0.207. The molecule has 5 heteroatoms. The van der Waals surface area contributed by atoms with E-state index in [9.17, 15) is 4.79 Å². The van der Waals surface area contributed by atoms with Gasteiger partial charge in [-0.05, 0) is 18.1 Å². The van der Waals surface area contributed by atoms with E-state index >= 15 is 0 Å². The second-order valence-corrected chi connectivity index (χ2v) is 4.51. The highest BCUT2D eigenvalue weighted by atomic mass is 35.5. The second kappa shape index (κ2) is 5.87. The smallest absolute Gasteiger partial charge is 0.223 e. The Labute approximate surface area is 106 Å². The van der Waals surface area contributed by atoms with Crippen molar-refractivity contribution >= 4 is 23.3 Å². The molecule has 17 heavy (non-hydrogen) atoms. The van der Waals surface area contributed by atoms with E-state index in [1.54, 1.807) is 6.20 Å². The summed E-state index contributed by atoms with van der Waals surface area (Å²) < 4.78 is 0. The van der Waals surface area contributed by atoms with Crippen LogP contribution in [0.3, 0.4) is 0 Å². The fourth-order valence-electron chi connectivity index (χ4n) is 1.96. The van der Waals surface area contributed by atoms with E-state index < -0.39 is 0 Å². The number of likely N-dealkylation sites (tertiary alicyclic amines) is 1. The topological polar surface area (TPSA) is 45.2 Å². The van der Waals surface area contributed by atoms with Gasteiger partial charge in [-0.2, -0.15) is 0 Å². The number of hydrogen-bond acceptors (Lipinski definition) is 3. The Morgan fingerprint density at radius 2 is 2.41 bits per heavy atom. The third-order valence-electron chi connectivity index (χ3n) is 2.87. The molecule has 1 aromatic rings. The Balaban J connectivity index is 1.74. The Kier molecular flexibility index (Phi) is 4.20. The number of amides is 1. The van der Waals surface area contributed by atoms with Crippen molar-refractivity contribution in [1.29, 1.82) is 0 Å². The van der Waals surface area contributed by atoms with Crippen molar-refractivity contribution < 1.29 is 4.79 Å². The van der Waals surface area contributed by atoms with Crippen LogP contribution >= 0.6 is 11.6 Å².